The molecule has 1 heterocycles. The Morgan fingerprint density at radius 3 is 2.73 bits per heavy atom. The molecule has 0 bridgehead atoms. The summed E-state index contributed by atoms with van der Waals surface area (Å²) >= 11 is 0. The number of hydrogen-bond donors (Lipinski definition) is 2. The molecule has 15 heavy (non-hydrogen) atoms. The van der Waals surface area contributed by atoms with Crippen LogP contribution in [0.5, 0.6) is 0 Å². The highest BCUT2D eigenvalue weighted by atomic mass is 14.9. The molecule has 0 amide bonds. The molecule has 3 N–H and O–H groups in total. The Morgan fingerprint density at radius 1 is 1.40 bits per heavy atom. The van der Waals surface area contributed by atoms with Crippen LogP contribution in [0.4, 0.5) is 5.69 Å². The summed E-state index contributed by atoms with van der Waals surface area (Å²) in [6.07, 6.45) is 2.85. The monoisotopic (exact) mass is 207 g/mol. The highest BCUT2D eigenvalue weighted by molar-refractivity contribution is 5.44. The molecule has 0 spiro atoms. The van der Waals surface area contributed by atoms with Crippen LogP contribution in [-0.2, 0) is 5.41 Å². The van der Waals surface area contributed by atoms with Crippen molar-refractivity contribution < 1.29 is 0 Å². The molecule has 1 aromatic heterocycles. The first-order chi connectivity index (χ1) is 7.04. The summed E-state index contributed by atoms with van der Waals surface area (Å²) in [6.45, 7) is 8.14. The summed E-state index contributed by atoms with van der Waals surface area (Å²) < 4.78 is 0. The number of nitrogens with one attached hydrogen (secondary N) is 1. The van der Waals surface area contributed by atoms with E-state index >= 15 is 0 Å². The Balaban J connectivity index is 2.66. The van der Waals surface area contributed by atoms with Crippen molar-refractivity contribution in [2.75, 3.05) is 18.4 Å². The Kier molecular flexibility index (Phi) is 4.09. The Labute approximate surface area is 92.1 Å². The van der Waals surface area contributed by atoms with Crippen molar-refractivity contribution in [3.8, 4) is 0 Å². The lowest BCUT2D eigenvalue weighted by molar-refractivity contribution is 0.569. The maximum absolute atomic E-state index is 5.44. The summed E-state index contributed by atoms with van der Waals surface area (Å²) in [5, 5.41) is 3.34. The van der Waals surface area contributed by atoms with E-state index in [-0.39, 0.29) is 5.41 Å². The van der Waals surface area contributed by atoms with Crippen molar-refractivity contribution in [3.63, 3.8) is 0 Å². The Hall–Kier alpha value is -1.09. The van der Waals surface area contributed by atoms with Crippen LogP contribution in [0.3, 0.4) is 0 Å². The number of nitrogens with zero attached hydrogens (tertiary/aromatic N) is 1. The van der Waals surface area contributed by atoms with Gasteiger partial charge >= 0.3 is 0 Å². The van der Waals surface area contributed by atoms with Gasteiger partial charge in [-0.25, -0.2) is 0 Å². The topological polar surface area (TPSA) is 50.9 Å². The molecule has 1 rings (SSSR count). The third-order valence-corrected chi connectivity index (χ3v) is 2.24. The predicted molar refractivity (Wildman–Crippen MR) is 65.1 cm³/mol. The van der Waals surface area contributed by atoms with Gasteiger partial charge in [-0.1, -0.05) is 20.8 Å². The van der Waals surface area contributed by atoms with Gasteiger partial charge in [-0.15, -0.1) is 0 Å². The molecular formula is C12H21N3. The van der Waals surface area contributed by atoms with Gasteiger partial charge in [-0.05, 0) is 25.1 Å². The maximum atomic E-state index is 5.44. The smallest absolute Gasteiger partial charge is 0.0477 e. The molecule has 0 fully saturated rings. The van der Waals surface area contributed by atoms with E-state index in [9.17, 15) is 0 Å². The van der Waals surface area contributed by atoms with Crippen LogP contribution < -0.4 is 11.1 Å². The second-order valence-electron chi connectivity index (χ2n) is 4.75. The van der Waals surface area contributed by atoms with E-state index in [1.54, 1.807) is 0 Å². The normalized spacial score (nSPS) is 11.5. The largest absolute Gasteiger partial charge is 0.385 e. The molecule has 3 nitrogen and oxygen atoms in total. The molecule has 0 aromatic carbocycles. The number of anilines is 1. The molecule has 84 valence electrons. The zero-order valence-corrected chi connectivity index (χ0v) is 9.88. The SMILES string of the molecule is CC(C)(C)c1cc(NCCCN)ccn1. The molecule has 0 atom stereocenters. The average molecular weight is 207 g/mol. The van der Waals surface area contributed by atoms with Crippen LogP contribution in [0.1, 0.15) is 32.9 Å². The minimum atomic E-state index is 0.103. The lowest BCUT2D eigenvalue weighted by Gasteiger charge is -2.18. The van der Waals surface area contributed by atoms with E-state index in [0.29, 0.717) is 0 Å². The summed E-state index contributed by atoms with van der Waals surface area (Å²) in [6, 6.07) is 4.10. The molecule has 1 aromatic rings. The van der Waals surface area contributed by atoms with Gasteiger partial charge in [0.15, 0.2) is 0 Å². The fourth-order valence-corrected chi connectivity index (χ4v) is 1.29. The highest BCUT2D eigenvalue weighted by Crippen LogP contribution is 2.22. The minimum absolute atomic E-state index is 0.103. The van der Waals surface area contributed by atoms with Gasteiger partial charge < -0.3 is 11.1 Å². The van der Waals surface area contributed by atoms with E-state index in [4.69, 9.17) is 5.73 Å². The molecule has 0 aliphatic carbocycles. The van der Waals surface area contributed by atoms with Crippen LogP contribution in [0.15, 0.2) is 18.3 Å². The van der Waals surface area contributed by atoms with E-state index in [1.165, 1.54) is 0 Å². The van der Waals surface area contributed by atoms with Crippen molar-refractivity contribution >= 4 is 5.69 Å². The molecule has 0 saturated heterocycles. The third-order valence-electron chi connectivity index (χ3n) is 2.24. The van der Waals surface area contributed by atoms with Gasteiger partial charge in [0.1, 0.15) is 0 Å². The van der Waals surface area contributed by atoms with Crippen LogP contribution in [0, 0.1) is 0 Å². The summed E-state index contributed by atoms with van der Waals surface area (Å²) in [5.74, 6) is 0. The second kappa shape index (κ2) is 5.12. The number of rotatable bonds is 4. The predicted octanol–water partition coefficient (Wildman–Crippen LogP) is 2.14. The number of hydrogen-bond acceptors (Lipinski definition) is 3. The second-order valence-corrected chi connectivity index (χ2v) is 4.75. The number of pyridine rings is 1. The molecule has 0 radical (unpaired) electrons. The van der Waals surface area contributed by atoms with Gasteiger partial charge in [0.25, 0.3) is 0 Å². The maximum Gasteiger partial charge on any atom is 0.0477 e. The van der Waals surface area contributed by atoms with Crippen LogP contribution in [0.2, 0.25) is 0 Å². The zero-order chi connectivity index (χ0) is 11.3. The first kappa shape index (κ1) is 12.0. The molecule has 0 saturated carbocycles. The van der Waals surface area contributed by atoms with Crippen molar-refractivity contribution in [1.29, 1.82) is 0 Å². The molecule has 0 aliphatic heterocycles. The molecule has 0 unspecified atom stereocenters. The summed E-state index contributed by atoms with van der Waals surface area (Å²) in [7, 11) is 0. The third kappa shape index (κ3) is 3.88. The van der Waals surface area contributed by atoms with E-state index in [2.05, 4.69) is 37.1 Å². The van der Waals surface area contributed by atoms with E-state index in [1.807, 2.05) is 12.3 Å². The standard InChI is InChI=1S/C12H21N3/c1-12(2,3)11-9-10(5-8-15-11)14-7-4-6-13/h5,8-9H,4,6-7,13H2,1-3H3,(H,14,15). The van der Waals surface area contributed by atoms with Crippen molar-refractivity contribution in [1.82, 2.24) is 4.98 Å². The summed E-state index contributed by atoms with van der Waals surface area (Å²) in [4.78, 5) is 4.37. The molecule has 0 aliphatic rings. The van der Waals surface area contributed by atoms with Gasteiger partial charge in [-0.2, -0.15) is 0 Å². The first-order valence-corrected chi connectivity index (χ1v) is 5.44. The summed E-state index contributed by atoms with van der Waals surface area (Å²) in [5.41, 5.74) is 7.78. The van der Waals surface area contributed by atoms with Gasteiger partial charge in [0.2, 0.25) is 0 Å². The fourth-order valence-electron chi connectivity index (χ4n) is 1.29. The zero-order valence-electron chi connectivity index (χ0n) is 9.88. The highest BCUT2D eigenvalue weighted by Gasteiger charge is 2.15. The van der Waals surface area contributed by atoms with Crippen LogP contribution in [0.25, 0.3) is 0 Å². The molecular weight excluding hydrogens is 186 g/mol. The van der Waals surface area contributed by atoms with E-state index in [0.717, 1.165) is 30.9 Å². The number of aromatic nitrogens is 1. The van der Waals surface area contributed by atoms with Gasteiger partial charge in [0.05, 0.1) is 0 Å². The fraction of sp³-hybridized carbons (Fsp3) is 0.583. The Morgan fingerprint density at radius 2 is 2.13 bits per heavy atom. The lowest BCUT2D eigenvalue weighted by Crippen LogP contribution is -2.14. The van der Waals surface area contributed by atoms with Crippen LogP contribution >= 0.6 is 0 Å². The van der Waals surface area contributed by atoms with Gasteiger partial charge in [0, 0.05) is 29.5 Å². The van der Waals surface area contributed by atoms with Crippen molar-refractivity contribution in [2.24, 2.45) is 5.73 Å². The lowest BCUT2D eigenvalue weighted by atomic mass is 9.91. The number of nitrogens with two attached hydrogens (primary N) is 1. The quantitative estimate of drug-likeness (QED) is 0.744. The van der Waals surface area contributed by atoms with Crippen molar-refractivity contribution in [3.05, 3.63) is 24.0 Å². The Bertz CT molecular complexity index is 302. The average Bonchev–Trinajstić information content (AvgIpc) is 2.17. The van der Waals surface area contributed by atoms with Crippen LogP contribution in [-0.4, -0.2) is 18.1 Å². The first-order valence-electron chi connectivity index (χ1n) is 5.44. The van der Waals surface area contributed by atoms with Gasteiger partial charge in [-0.3, -0.25) is 4.98 Å². The van der Waals surface area contributed by atoms with E-state index < -0.39 is 0 Å². The van der Waals surface area contributed by atoms with Crippen molar-refractivity contribution in [2.45, 2.75) is 32.6 Å². The molecule has 3 heteroatoms. The minimum Gasteiger partial charge on any atom is -0.385 e.